The molecule has 0 radical (unpaired) electrons. The molecule has 0 fully saturated rings. The molecule has 1 atom stereocenters. The molecule has 2 N–H and O–H groups in total. The molecule has 0 aliphatic heterocycles. The van der Waals surface area contributed by atoms with Crippen LogP contribution in [0.25, 0.3) is 0 Å². The van der Waals surface area contributed by atoms with Gasteiger partial charge in [-0.1, -0.05) is 24.8 Å². The number of nitro groups is 1. The molecule has 0 saturated heterocycles. The molecule has 8 nitrogen and oxygen atoms in total. The zero-order valence-corrected chi connectivity index (χ0v) is 13.6. The van der Waals surface area contributed by atoms with Crippen LogP contribution < -0.4 is 5.32 Å². The average Bonchev–Trinajstić information content (AvgIpc) is 2.95. The first-order chi connectivity index (χ1) is 11.0. The number of carbonyl (C=O) groups is 1. The molecule has 1 amide bonds. The number of H-pyrrole nitrogens is 1. The fourth-order valence-corrected chi connectivity index (χ4v) is 2.58. The molecular formula is C14H17N5O3S. The third kappa shape index (κ3) is 4.78. The normalized spacial score (nSPS) is 11.9. The molecule has 0 aliphatic carbocycles. The minimum Gasteiger partial charge on any atom is -0.325 e. The van der Waals surface area contributed by atoms with Crippen molar-refractivity contribution >= 4 is 29.0 Å². The summed E-state index contributed by atoms with van der Waals surface area (Å²) in [4.78, 5) is 26.7. The zero-order valence-electron chi connectivity index (χ0n) is 12.8. The van der Waals surface area contributed by atoms with Crippen LogP contribution in [0.1, 0.15) is 26.1 Å². The van der Waals surface area contributed by atoms with E-state index in [0.29, 0.717) is 10.8 Å². The first kappa shape index (κ1) is 16.9. The van der Waals surface area contributed by atoms with E-state index in [9.17, 15) is 14.9 Å². The summed E-state index contributed by atoms with van der Waals surface area (Å²) in [5.41, 5.74) is 0.319. The van der Waals surface area contributed by atoms with Gasteiger partial charge in [-0.2, -0.15) is 0 Å². The maximum Gasteiger partial charge on any atom is 0.271 e. The van der Waals surface area contributed by atoms with Gasteiger partial charge in [0.2, 0.25) is 11.1 Å². The molecular weight excluding hydrogens is 318 g/mol. The number of aromatic nitrogens is 3. The first-order valence-corrected chi connectivity index (χ1v) is 8.00. The smallest absolute Gasteiger partial charge is 0.271 e. The van der Waals surface area contributed by atoms with Crippen molar-refractivity contribution in [1.29, 1.82) is 0 Å². The number of nitrogens with zero attached hydrogens (tertiary/aromatic N) is 3. The Balaban J connectivity index is 1.96. The lowest BCUT2D eigenvalue weighted by Crippen LogP contribution is -2.22. The summed E-state index contributed by atoms with van der Waals surface area (Å²) >= 11 is 1.23. The second kappa shape index (κ2) is 7.73. The third-order valence-electron chi connectivity index (χ3n) is 2.97. The van der Waals surface area contributed by atoms with Crippen molar-refractivity contribution in [3.63, 3.8) is 0 Å². The molecule has 0 bridgehead atoms. The van der Waals surface area contributed by atoms with E-state index in [4.69, 9.17) is 0 Å². The molecule has 1 aromatic carbocycles. The standard InChI is InChI=1S/C14H17N5O3S/c1-3-5-12-16-14(18-17-12)23-9(2)13(20)15-10-6-4-7-11(8-10)19(21)22/h4,6-9H,3,5H2,1-2H3,(H,15,20)(H,16,17,18)/t9-/m1/s1. The maximum atomic E-state index is 12.2. The van der Waals surface area contributed by atoms with Crippen molar-refractivity contribution in [2.24, 2.45) is 0 Å². The van der Waals surface area contributed by atoms with Crippen molar-refractivity contribution in [2.75, 3.05) is 5.32 Å². The summed E-state index contributed by atoms with van der Waals surface area (Å²) in [6.45, 7) is 3.78. The number of hydrogen-bond donors (Lipinski definition) is 2. The molecule has 9 heteroatoms. The number of thioether (sulfide) groups is 1. The first-order valence-electron chi connectivity index (χ1n) is 7.13. The lowest BCUT2D eigenvalue weighted by atomic mass is 10.2. The third-order valence-corrected chi connectivity index (χ3v) is 3.93. The number of amides is 1. The fourth-order valence-electron chi connectivity index (χ4n) is 1.83. The van der Waals surface area contributed by atoms with Crippen LogP contribution in [0.5, 0.6) is 0 Å². The number of carbonyl (C=O) groups excluding carboxylic acids is 1. The van der Waals surface area contributed by atoms with Gasteiger partial charge in [-0.05, 0) is 19.4 Å². The summed E-state index contributed by atoms with van der Waals surface area (Å²) < 4.78 is 0. The van der Waals surface area contributed by atoms with Crippen LogP contribution in [0.3, 0.4) is 0 Å². The highest BCUT2D eigenvalue weighted by Gasteiger charge is 2.18. The highest BCUT2D eigenvalue weighted by Crippen LogP contribution is 2.22. The summed E-state index contributed by atoms with van der Waals surface area (Å²) in [6.07, 6.45) is 1.77. The van der Waals surface area contributed by atoms with Gasteiger partial charge in [0.25, 0.3) is 5.69 Å². The topological polar surface area (TPSA) is 114 Å². The predicted octanol–water partition coefficient (Wildman–Crippen LogP) is 2.78. The van der Waals surface area contributed by atoms with Gasteiger partial charge in [0.1, 0.15) is 5.82 Å². The van der Waals surface area contributed by atoms with Crippen LogP contribution in [-0.2, 0) is 11.2 Å². The molecule has 122 valence electrons. The van der Waals surface area contributed by atoms with Crippen LogP contribution in [-0.4, -0.2) is 31.3 Å². The van der Waals surface area contributed by atoms with E-state index in [2.05, 4.69) is 20.5 Å². The Labute approximate surface area is 137 Å². The highest BCUT2D eigenvalue weighted by molar-refractivity contribution is 8.00. The van der Waals surface area contributed by atoms with Gasteiger partial charge in [-0.25, -0.2) is 4.98 Å². The Hall–Kier alpha value is -2.42. The Morgan fingerprint density at radius 2 is 2.30 bits per heavy atom. The van der Waals surface area contributed by atoms with Gasteiger partial charge in [0.05, 0.1) is 10.2 Å². The summed E-state index contributed by atoms with van der Waals surface area (Å²) in [7, 11) is 0. The minimum atomic E-state index is -0.503. The van der Waals surface area contributed by atoms with E-state index in [-0.39, 0.29) is 11.6 Å². The summed E-state index contributed by atoms with van der Waals surface area (Å²) in [5.74, 6) is 0.527. The van der Waals surface area contributed by atoms with E-state index in [1.807, 2.05) is 6.92 Å². The SMILES string of the molecule is CCCc1nc(S[C@H](C)C(=O)Nc2cccc([N+](=O)[O-])c2)n[nH]1. The second-order valence-corrected chi connectivity index (χ2v) is 6.18. The van der Waals surface area contributed by atoms with Crippen molar-refractivity contribution in [1.82, 2.24) is 15.2 Å². The Morgan fingerprint density at radius 3 is 3.00 bits per heavy atom. The second-order valence-electron chi connectivity index (χ2n) is 4.87. The molecule has 0 spiro atoms. The Kier molecular flexibility index (Phi) is 5.69. The maximum absolute atomic E-state index is 12.2. The lowest BCUT2D eigenvalue weighted by Gasteiger charge is -2.09. The summed E-state index contributed by atoms with van der Waals surface area (Å²) in [6, 6.07) is 5.82. The van der Waals surface area contributed by atoms with Gasteiger partial charge >= 0.3 is 0 Å². The van der Waals surface area contributed by atoms with Crippen LogP contribution in [0, 0.1) is 10.1 Å². The van der Waals surface area contributed by atoms with Gasteiger partial charge in [-0.15, -0.1) is 5.10 Å². The quantitative estimate of drug-likeness (QED) is 0.457. The molecule has 0 aliphatic rings. The summed E-state index contributed by atoms with van der Waals surface area (Å²) in [5, 5.41) is 20.4. The van der Waals surface area contributed by atoms with Crippen LogP contribution >= 0.6 is 11.8 Å². The number of non-ortho nitro benzene ring substituents is 1. The van der Waals surface area contributed by atoms with Crippen molar-refractivity contribution < 1.29 is 9.72 Å². The van der Waals surface area contributed by atoms with E-state index < -0.39 is 10.2 Å². The number of aryl methyl sites for hydroxylation is 1. The molecule has 2 aromatic rings. The van der Waals surface area contributed by atoms with Gasteiger partial charge in [0, 0.05) is 24.2 Å². The number of rotatable bonds is 7. The lowest BCUT2D eigenvalue weighted by molar-refractivity contribution is -0.384. The number of benzene rings is 1. The van der Waals surface area contributed by atoms with Crippen molar-refractivity contribution in [3.05, 3.63) is 40.2 Å². The fraction of sp³-hybridized carbons (Fsp3) is 0.357. The number of nitrogens with one attached hydrogen (secondary N) is 2. The largest absolute Gasteiger partial charge is 0.325 e. The zero-order chi connectivity index (χ0) is 16.8. The van der Waals surface area contributed by atoms with Crippen LogP contribution in [0.2, 0.25) is 0 Å². The van der Waals surface area contributed by atoms with Crippen LogP contribution in [0.15, 0.2) is 29.4 Å². The van der Waals surface area contributed by atoms with Gasteiger partial charge < -0.3 is 5.32 Å². The van der Waals surface area contributed by atoms with E-state index in [1.54, 1.807) is 13.0 Å². The van der Waals surface area contributed by atoms with Crippen LogP contribution in [0.4, 0.5) is 11.4 Å². The van der Waals surface area contributed by atoms with E-state index >= 15 is 0 Å². The van der Waals surface area contributed by atoms with Gasteiger partial charge in [-0.3, -0.25) is 20.0 Å². The molecule has 2 rings (SSSR count). The predicted molar refractivity (Wildman–Crippen MR) is 87.4 cm³/mol. The van der Waals surface area contributed by atoms with E-state index in [0.717, 1.165) is 18.7 Å². The monoisotopic (exact) mass is 335 g/mol. The minimum absolute atomic E-state index is 0.0683. The molecule has 0 saturated carbocycles. The van der Waals surface area contributed by atoms with Crippen molar-refractivity contribution in [2.45, 2.75) is 37.1 Å². The Bertz CT molecular complexity index is 703. The number of aromatic amines is 1. The van der Waals surface area contributed by atoms with Crippen molar-refractivity contribution in [3.8, 4) is 0 Å². The Morgan fingerprint density at radius 1 is 1.52 bits per heavy atom. The average molecular weight is 335 g/mol. The molecule has 1 aromatic heterocycles. The molecule has 0 unspecified atom stereocenters. The highest BCUT2D eigenvalue weighted by atomic mass is 32.2. The number of hydrogen-bond acceptors (Lipinski definition) is 6. The number of anilines is 1. The van der Waals surface area contributed by atoms with Gasteiger partial charge in [0.15, 0.2) is 0 Å². The molecule has 1 heterocycles. The molecule has 23 heavy (non-hydrogen) atoms. The van der Waals surface area contributed by atoms with E-state index in [1.165, 1.54) is 30.0 Å². The number of nitro benzene ring substituents is 1.